The lowest BCUT2D eigenvalue weighted by molar-refractivity contribution is -0.137. The molecule has 1 atom stereocenters. The van der Waals surface area contributed by atoms with Crippen molar-refractivity contribution in [1.82, 2.24) is 9.88 Å². The van der Waals surface area contributed by atoms with Crippen LogP contribution in [0.3, 0.4) is 0 Å². The number of nitrogens with zero attached hydrogens (tertiary/aromatic N) is 3. The zero-order chi connectivity index (χ0) is 22.9. The fourth-order valence-corrected chi connectivity index (χ4v) is 5.57. The fourth-order valence-electron chi connectivity index (χ4n) is 4.61. The molecule has 1 aromatic heterocycles. The average Bonchev–Trinajstić information content (AvgIpc) is 3.43. The Kier molecular flexibility index (Phi) is 5.93. The van der Waals surface area contributed by atoms with Crippen LogP contribution in [-0.4, -0.2) is 54.5 Å². The summed E-state index contributed by atoms with van der Waals surface area (Å²) < 4.78 is 12.6. The maximum absolute atomic E-state index is 13.1. The Labute approximate surface area is 196 Å². The van der Waals surface area contributed by atoms with Gasteiger partial charge >= 0.3 is 0 Å². The van der Waals surface area contributed by atoms with E-state index in [1.165, 1.54) is 0 Å². The maximum atomic E-state index is 13.1. The quantitative estimate of drug-likeness (QED) is 0.569. The number of para-hydroxylation sites is 1. The van der Waals surface area contributed by atoms with Crippen LogP contribution < -0.4 is 14.4 Å². The Hall–Kier alpha value is -3.13. The van der Waals surface area contributed by atoms with Crippen LogP contribution in [0.5, 0.6) is 10.9 Å². The van der Waals surface area contributed by atoms with Crippen molar-refractivity contribution in [2.75, 3.05) is 31.6 Å². The molecule has 2 saturated heterocycles. The molecule has 2 aliphatic heterocycles. The summed E-state index contributed by atoms with van der Waals surface area (Å²) in [5, 5.41) is 0.694. The van der Waals surface area contributed by atoms with Gasteiger partial charge in [-0.05, 0) is 30.7 Å². The minimum atomic E-state index is -0.312. The first-order chi connectivity index (χ1) is 16.0. The number of anilines is 1. The number of carbonyl (C=O) groups is 2. The molecule has 172 valence electrons. The van der Waals surface area contributed by atoms with Gasteiger partial charge in [0.05, 0.1) is 23.2 Å². The number of carbonyl (C=O) groups excluding carboxylic acids is 2. The van der Waals surface area contributed by atoms with Gasteiger partial charge in [-0.1, -0.05) is 29.5 Å². The highest BCUT2D eigenvalue weighted by Crippen LogP contribution is 2.32. The fraction of sp³-hybridized carbons (Fsp3) is 0.400. The van der Waals surface area contributed by atoms with Gasteiger partial charge in [0.25, 0.3) is 5.19 Å². The van der Waals surface area contributed by atoms with E-state index in [2.05, 4.69) is 24.0 Å². The number of likely N-dealkylation sites (tertiary alicyclic amines) is 1. The first kappa shape index (κ1) is 21.7. The molecule has 3 heterocycles. The maximum Gasteiger partial charge on any atom is 0.274 e. The highest BCUT2D eigenvalue weighted by atomic mass is 32.1. The van der Waals surface area contributed by atoms with Crippen molar-refractivity contribution in [3.05, 3.63) is 48.0 Å². The van der Waals surface area contributed by atoms with Crippen LogP contribution >= 0.6 is 11.3 Å². The summed E-state index contributed by atoms with van der Waals surface area (Å²) >= 11 is 1.57. The number of ether oxygens (including phenoxy) is 2. The normalized spacial score (nSPS) is 19.3. The minimum absolute atomic E-state index is 0.0223. The Morgan fingerprint density at radius 3 is 2.70 bits per heavy atom. The largest absolute Gasteiger partial charge is 0.497 e. The highest BCUT2D eigenvalue weighted by Gasteiger charge is 2.38. The summed E-state index contributed by atoms with van der Waals surface area (Å²) in [6.07, 6.45) is 1.83. The lowest BCUT2D eigenvalue weighted by Gasteiger charge is -2.33. The van der Waals surface area contributed by atoms with E-state index in [4.69, 9.17) is 9.47 Å². The lowest BCUT2D eigenvalue weighted by atomic mass is 10.0. The van der Waals surface area contributed by atoms with E-state index in [-0.39, 0.29) is 30.3 Å². The van der Waals surface area contributed by atoms with E-state index in [0.717, 1.165) is 34.3 Å². The molecular weight excluding hydrogens is 438 g/mol. The molecule has 2 fully saturated rings. The van der Waals surface area contributed by atoms with E-state index in [9.17, 15) is 9.59 Å². The van der Waals surface area contributed by atoms with Crippen LogP contribution in [0.25, 0.3) is 10.2 Å². The molecule has 3 aromatic rings. The third-order valence-electron chi connectivity index (χ3n) is 6.46. The minimum Gasteiger partial charge on any atom is -0.497 e. The molecule has 8 heteroatoms. The molecule has 0 radical (unpaired) electrons. The van der Waals surface area contributed by atoms with Crippen molar-refractivity contribution >= 4 is 39.1 Å². The van der Waals surface area contributed by atoms with Crippen LogP contribution in [0.15, 0.2) is 42.5 Å². The van der Waals surface area contributed by atoms with Crippen LogP contribution in [0.1, 0.15) is 24.8 Å². The van der Waals surface area contributed by atoms with Crippen molar-refractivity contribution in [2.24, 2.45) is 5.92 Å². The number of hydrogen-bond donors (Lipinski definition) is 0. The number of hydrogen-bond acceptors (Lipinski definition) is 6. The van der Waals surface area contributed by atoms with Crippen LogP contribution in [0.2, 0.25) is 0 Å². The molecule has 0 N–H and O–H groups in total. The van der Waals surface area contributed by atoms with E-state index < -0.39 is 0 Å². The number of piperidine rings is 1. The third-order valence-corrected chi connectivity index (χ3v) is 7.37. The van der Waals surface area contributed by atoms with Crippen molar-refractivity contribution in [3.8, 4) is 10.9 Å². The monoisotopic (exact) mass is 465 g/mol. The summed E-state index contributed by atoms with van der Waals surface area (Å²) in [5.41, 5.74) is 2.91. The molecule has 7 nitrogen and oxygen atoms in total. The zero-order valence-corrected chi connectivity index (χ0v) is 19.6. The first-order valence-corrected chi connectivity index (χ1v) is 12.1. The number of fused-ring (bicyclic) bond motifs is 1. The second kappa shape index (κ2) is 9.02. The summed E-state index contributed by atoms with van der Waals surface area (Å²) in [4.78, 5) is 34.0. The average molecular weight is 466 g/mol. The predicted molar refractivity (Wildman–Crippen MR) is 128 cm³/mol. The van der Waals surface area contributed by atoms with Crippen LogP contribution in [-0.2, 0) is 9.59 Å². The predicted octanol–water partition coefficient (Wildman–Crippen LogP) is 4.04. The first-order valence-electron chi connectivity index (χ1n) is 11.3. The molecule has 0 spiro atoms. The molecule has 2 aliphatic rings. The SMILES string of the molecule is COc1cccc(N2CC(C(=O)N3CCC(Oc4nc5c(C)cccc5s4)CC3)CC2=O)c1. The van der Waals surface area contributed by atoms with E-state index in [0.29, 0.717) is 30.6 Å². The van der Waals surface area contributed by atoms with E-state index >= 15 is 0 Å². The molecule has 5 rings (SSSR count). The number of aromatic nitrogens is 1. The summed E-state index contributed by atoms with van der Waals surface area (Å²) in [5.74, 6) is 0.419. The van der Waals surface area contributed by atoms with Gasteiger partial charge in [0.1, 0.15) is 11.9 Å². The third kappa shape index (κ3) is 4.39. The molecule has 0 aliphatic carbocycles. The molecule has 2 amide bonds. The second-order valence-electron chi connectivity index (χ2n) is 8.65. The number of thiazole rings is 1. The van der Waals surface area contributed by atoms with Crippen LogP contribution in [0, 0.1) is 12.8 Å². The molecule has 0 bridgehead atoms. The Bertz CT molecular complexity index is 1190. The number of rotatable bonds is 5. The van der Waals surface area contributed by atoms with Gasteiger partial charge in [0.15, 0.2) is 0 Å². The Balaban J connectivity index is 1.17. The van der Waals surface area contributed by atoms with Gasteiger partial charge < -0.3 is 19.3 Å². The molecule has 1 unspecified atom stereocenters. The molecule has 33 heavy (non-hydrogen) atoms. The van der Waals surface area contributed by atoms with Crippen molar-refractivity contribution in [2.45, 2.75) is 32.3 Å². The smallest absolute Gasteiger partial charge is 0.274 e. The summed E-state index contributed by atoms with van der Waals surface area (Å²) in [6, 6.07) is 13.6. The Morgan fingerprint density at radius 1 is 1.15 bits per heavy atom. The number of benzene rings is 2. The lowest BCUT2D eigenvalue weighted by Crippen LogP contribution is -2.44. The summed E-state index contributed by atoms with van der Waals surface area (Å²) in [7, 11) is 1.60. The van der Waals surface area contributed by atoms with E-state index in [1.54, 1.807) is 23.3 Å². The van der Waals surface area contributed by atoms with Gasteiger partial charge in [-0.2, -0.15) is 0 Å². The molecule has 0 saturated carbocycles. The van der Waals surface area contributed by atoms with Gasteiger partial charge in [0.2, 0.25) is 11.8 Å². The standard InChI is InChI=1S/C25H27N3O4S/c1-16-5-3-8-21-23(16)26-25(33-21)32-19-9-11-27(12-10-19)24(30)17-13-22(29)28(15-17)18-6-4-7-20(14-18)31-2/h3-8,14,17,19H,9-13,15H2,1-2H3. The molecular formula is C25H27N3O4S. The molecule has 2 aromatic carbocycles. The highest BCUT2D eigenvalue weighted by molar-refractivity contribution is 7.20. The van der Waals surface area contributed by atoms with Gasteiger partial charge in [-0.15, -0.1) is 0 Å². The van der Waals surface area contributed by atoms with Crippen molar-refractivity contribution in [1.29, 1.82) is 0 Å². The van der Waals surface area contributed by atoms with Gasteiger partial charge in [0, 0.05) is 50.7 Å². The van der Waals surface area contributed by atoms with Gasteiger partial charge in [-0.3, -0.25) is 9.59 Å². The second-order valence-corrected chi connectivity index (χ2v) is 9.64. The van der Waals surface area contributed by atoms with Crippen molar-refractivity contribution in [3.63, 3.8) is 0 Å². The van der Waals surface area contributed by atoms with Crippen molar-refractivity contribution < 1.29 is 19.1 Å². The van der Waals surface area contributed by atoms with E-state index in [1.807, 2.05) is 35.2 Å². The van der Waals surface area contributed by atoms with Crippen LogP contribution in [0.4, 0.5) is 5.69 Å². The Morgan fingerprint density at radius 2 is 1.94 bits per heavy atom. The number of aryl methyl sites for hydroxylation is 1. The van der Waals surface area contributed by atoms with Gasteiger partial charge in [-0.25, -0.2) is 4.98 Å². The zero-order valence-electron chi connectivity index (χ0n) is 18.8. The number of amides is 2. The number of methoxy groups -OCH3 is 1. The summed E-state index contributed by atoms with van der Waals surface area (Å²) in [6.45, 7) is 3.74. The topological polar surface area (TPSA) is 72.0 Å².